The molecule has 0 N–H and O–H groups in total. The number of nitrogens with zero attached hydrogens (tertiary/aromatic N) is 5. The molecule has 0 spiro atoms. The van der Waals surface area contributed by atoms with Crippen molar-refractivity contribution >= 4 is 63.4 Å². The first kappa shape index (κ1) is 28.0. The second kappa shape index (κ2) is 11.9. The summed E-state index contributed by atoms with van der Waals surface area (Å²) in [4.78, 5) is 33.4. The van der Waals surface area contributed by atoms with Crippen LogP contribution in [0.3, 0.4) is 0 Å². The Balaban J connectivity index is 1.53. The third kappa shape index (κ3) is 5.27. The van der Waals surface area contributed by atoms with E-state index in [0.717, 1.165) is 30.2 Å². The predicted octanol–water partition coefficient (Wildman–Crippen LogP) is 5.43. The molecule has 1 amide bonds. The van der Waals surface area contributed by atoms with E-state index in [-0.39, 0.29) is 23.6 Å². The molecular weight excluding hydrogens is 562 g/mol. The summed E-state index contributed by atoms with van der Waals surface area (Å²) in [6, 6.07) is 19.7. The Labute approximate surface area is 248 Å². The Morgan fingerprint density at radius 3 is 2.33 bits per heavy atom. The molecular formula is C30H28ClN5O2S2. The average Bonchev–Trinajstić information content (AvgIpc) is 3.23. The molecule has 5 rings (SSSR count). The molecule has 1 aromatic heterocycles. The van der Waals surface area contributed by atoms with E-state index < -0.39 is 0 Å². The van der Waals surface area contributed by atoms with Crippen molar-refractivity contribution in [2.45, 2.75) is 26.9 Å². The van der Waals surface area contributed by atoms with Gasteiger partial charge in [0, 0.05) is 49.0 Å². The zero-order valence-electron chi connectivity index (χ0n) is 22.3. The smallest absolute Gasteiger partial charge is 0.270 e. The number of rotatable bonds is 6. The van der Waals surface area contributed by atoms with Crippen LogP contribution in [-0.4, -0.2) is 45.9 Å². The van der Waals surface area contributed by atoms with Crippen molar-refractivity contribution in [3.05, 3.63) is 97.1 Å². The van der Waals surface area contributed by atoms with Crippen LogP contribution in [0.2, 0.25) is 5.02 Å². The molecule has 2 aliphatic heterocycles. The molecule has 0 atom stereocenters. The number of thiocarbonyl (C=S) groups is 1. The number of carbonyl (C=O) groups is 1. The van der Waals surface area contributed by atoms with Crippen LogP contribution in [0.4, 0.5) is 11.5 Å². The number of thioether (sulfide) groups is 1. The van der Waals surface area contributed by atoms with Crippen molar-refractivity contribution < 1.29 is 4.79 Å². The first-order valence-corrected chi connectivity index (χ1v) is 14.7. The van der Waals surface area contributed by atoms with Gasteiger partial charge in [-0.1, -0.05) is 72.0 Å². The van der Waals surface area contributed by atoms with E-state index >= 15 is 0 Å². The fraction of sp³-hybridized carbons (Fsp3) is 0.267. The van der Waals surface area contributed by atoms with Gasteiger partial charge in [-0.3, -0.25) is 19.1 Å². The second-order valence-corrected chi connectivity index (χ2v) is 11.7. The Bertz CT molecular complexity index is 1600. The minimum absolute atomic E-state index is 0.0892. The third-order valence-electron chi connectivity index (χ3n) is 7.30. The number of hydrogen-bond acceptors (Lipinski definition) is 7. The number of anilines is 2. The molecule has 0 saturated carbocycles. The highest BCUT2D eigenvalue weighted by molar-refractivity contribution is 8.26. The molecule has 10 heteroatoms. The molecule has 0 radical (unpaired) electrons. The quantitative estimate of drug-likeness (QED) is 0.280. The Morgan fingerprint density at radius 2 is 1.68 bits per heavy atom. The molecule has 0 unspecified atom stereocenters. The van der Waals surface area contributed by atoms with E-state index in [1.54, 1.807) is 28.5 Å². The van der Waals surface area contributed by atoms with Gasteiger partial charge in [-0.25, -0.2) is 0 Å². The van der Waals surface area contributed by atoms with Crippen molar-refractivity contribution in [2.24, 2.45) is 0 Å². The molecule has 3 aromatic rings. The lowest BCUT2D eigenvalue weighted by atomic mass is 10.0. The van der Waals surface area contributed by atoms with Gasteiger partial charge in [-0.05, 0) is 49.2 Å². The van der Waals surface area contributed by atoms with Crippen molar-refractivity contribution in [1.29, 1.82) is 5.26 Å². The number of pyridine rings is 1. The molecule has 0 aliphatic carbocycles. The number of nitriles is 1. The minimum Gasteiger partial charge on any atom is -0.368 e. The topological polar surface area (TPSA) is 72.6 Å². The van der Waals surface area contributed by atoms with Gasteiger partial charge in [0.1, 0.15) is 21.8 Å². The average molecular weight is 590 g/mol. The number of para-hydroxylation sites is 1. The lowest BCUT2D eigenvalue weighted by Crippen LogP contribution is -2.48. The summed E-state index contributed by atoms with van der Waals surface area (Å²) in [6.07, 6.45) is 1.80. The van der Waals surface area contributed by atoms with Gasteiger partial charge in [-0.15, -0.1) is 0 Å². The van der Waals surface area contributed by atoms with Crippen LogP contribution in [0.5, 0.6) is 0 Å². The maximum absolute atomic E-state index is 13.6. The van der Waals surface area contributed by atoms with E-state index in [4.69, 9.17) is 23.8 Å². The summed E-state index contributed by atoms with van der Waals surface area (Å²) in [7, 11) is 0. The number of aromatic nitrogens is 1. The lowest BCUT2D eigenvalue weighted by Gasteiger charge is -2.39. The molecule has 204 valence electrons. The number of carbonyl (C=O) groups excluding carboxylic acids is 1. The Kier molecular flexibility index (Phi) is 8.31. The highest BCUT2D eigenvalue weighted by Crippen LogP contribution is 2.37. The fourth-order valence-electron chi connectivity index (χ4n) is 5.16. The van der Waals surface area contributed by atoms with Crippen LogP contribution < -0.4 is 15.4 Å². The highest BCUT2D eigenvalue weighted by atomic mass is 35.5. The van der Waals surface area contributed by atoms with Crippen molar-refractivity contribution in [3.63, 3.8) is 0 Å². The minimum atomic E-state index is -0.314. The molecule has 2 saturated heterocycles. The summed E-state index contributed by atoms with van der Waals surface area (Å²) in [5, 5.41) is 10.4. The van der Waals surface area contributed by atoms with Gasteiger partial charge in [0.2, 0.25) is 0 Å². The molecule has 7 nitrogen and oxygen atoms in total. The van der Waals surface area contributed by atoms with Crippen LogP contribution in [0.25, 0.3) is 6.08 Å². The summed E-state index contributed by atoms with van der Waals surface area (Å²) < 4.78 is 2.09. The van der Waals surface area contributed by atoms with Gasteiger partial charge in [0.15, 0.2) is 0 Å². The van der Waals surface area contributed by atoms with Crippen molar-refractivity contribution in [2.75, 3.05) is 36.0 Å². The SMILES string of the molecule is CCn1c(N2CCN(c3ccccc3)CC2)c(C=C2SC(=S)N(Cc3ccccc3Cl)C2=O)c(C)c(C#N)c1=O. The van der Waals surface area contributed by atoms with Gasteiger partial charge in [0.05, 0.1) is 11.4 Å². The first-order chi connectivity index (χ1) is 19.3. The van der Waals surface area contributed by atoms with Gasteiger partial charge in [-0.2, -0.15) is 5.26 Å². The van der Waals surface area contributed by atoms with E-state index in [0.29, 0.717) is 45.0 Å². The van der Waals surface area contributed by atoms with Crippen molar-refractivity contribution in [3.8, 4) is 6.07 Å². The standard InChI is InChI=1S/C30H28ClN5O2S2/c1-3-35-27(34-15-13-33(14-16-34)22-10-5-4-6-11-22)23(20(2)24(18-32)28(35)37)17-26-29(38)36(30(39)40-26)19-21-9-7-8-12-25(21)31/h4-12,17H,3,13-16,19H2,1-2H3. The number of amides is 1. The van der Waals surface area contributed by atoms with Crippen LogP contribution in [0, 0.1) is 18.3 Å². The maximum Gasteiger partial charge on any atom is 0.270 e. The van der Waals surface area contributed by atoms with E-state index in [1.807, 2.05) is 43.3 Å². The summed E-state index contributed by atoms with van der Waals surface area (Å²) in [5.41, 5.74) is 3.01. The van der Waals surface area contributed by atoms with Gasteiger partial charge in [0.25, 0.3) is 11.5 Å². The summed E-state index contributed by atoms with van der Waals surface area (Å²) in [6.45, 7) is 7.28. The molecule has 40 heavy (non-hydrogen) atoms. The second-order valence-electron chi connectivity index (χ2n) is 9.57. The van der Waals surface area contributed by atoms with Crippen LogP contribution in [-0.2, 0) is 17.9 Å². The molecule has 0 bridgehead atoms. The number of hydrogen-bond donors (Lipinski definition) is 0. The van der Waals surface area contributed by atoms with Crippen LogP contribution in [0.15, 0.2) is 64.3 Å². The molecule has 3 heterocycles. The maximum atomic E-state index is 13.6. The Morgan fingerprint density at radius 1 is 1.02 bits per heavy atom. The van der Waals surface area contributed by atoms with Crippen molar-refractivity contribution in [1.82, 2.24) is 9.47 Å². The largest absolute Gasteiger partial charge is 0.368 e. The number of piperazine rings is 1. The fourth-order valence-corrected chi connectivity index (χ4v) is 6.59. The lowest BCUT2D eigenvalue weighted by molar-refractivity contribution is -0.122. The zero-order valence-corrected chi connectivity index (χ0v) is 24.7. The monoisotopic (exact) mass is 589 g/mol. The van der Waals surface area contributed by atoms with E-state index in [1.165, 1.54) is 11.8 Å². The molecule has 2 aliphatic rings. The number of benzene rings is 2. The zero-order chi connectivity index (χ0) is 28.4. The van der Waals surface area contributed by atoms with Gasteiger partial charge < -0.3 is 9.80 Å². The third-order valence-corrected chi connectivity index (χ3v) is 9.04. The molecule has 2 fully saturated rings. The highest BCUT2D eigenvalue weighted by Gasteiger charge is 2.34. The summed E-state index contributed by atoms with van der Waals surface area (Å²) >= 11 is 13.2. The summed E-state index contributed by atoms with van der Waals surface area (Å²) in [5.74, 6) is 0.509. The molecule has 2 aromatic carbocycles. The van der Waals surface area contributed by atoms with Crippen LogP contribution >= 0.6 is 35.6 Å². The Hall–Kier alpha value is -3.58. The van der Waals surface area contributed by atoms with E-state index in [9.17, 15) is 14.9 Å². The normalized spacial score (nSPS) is 16.6. The van der Waals surface area contributed by atoms with Gasteiger partial charge >= 0.3 is 0 Å². The number of halogens is 1. The predicted molar refractivity (Wildman–Crippen MR) is 167 cm³/mol. The first-order valence-electron chi connectivity index (χ1n) is 13.0. The van der Waals surface area contributed by atoms with E-state index in [2.05, 4.69) is 28.0 Å². The van der Waals surface area contributed by atoms with Crippen LogP contribution in [0.1, 0.15) is 29.2 Å².